The molecule has 2 aromatic carbocycles. The van der Waals surface area contributed by atoms with Crippen LogP contribution in [0.3, 0.4) is 0 Å². The molecule has 2 aromatic rings. The monoisotopic (exact) mass is 402 g/mol. The van der Waals surface area contributed by atoms with Gasteiger partial charge in [0.1, 0.15) is 5.75 Å². The fraction of sp³-hybridized carbons (Fsp3) is 0.381. The van der Waals surface area contributed by atoms with Crippen LogP contribution >= 0.6 is 0 Å². The zero-order valence-corrected chi connectivity index (χ0v) is 17.0. The molecule has 28 heavy (non-hydrogen) atoms. The van der Waals surface area contributed by atoms with Gasteiger partial charge in [-0.2, -0.15) is 0 Å². The van der Waals surface area contributed by atoms with E-state index in [1.54, 1.807) is 24.3 Å². The highest BCUT2D eigenvalue weighted by Crippen LogP contribution is 2.24. The number of amides is 1. The number of carbonyl (C=O) groups excluding carboxylic acids is 1. The maximum atomic E-state index is 12.6. The molecule has 7 heteroatoms. The van der Waals surface area contributed by atoms with E-state index in [0.717, 1.165) is 17.7 Å². The molecule has 0 aromatic heterocycles. The summed E-state index contributed by atoms with van der Waals surface area (Å²) in [4.78, 5) is 12.6. The molecule has 1 amide bonds. The van der Waals surface area contributed by atoms with Crippen molar-refractivity contribution < 1.29 is 17.9 Å². The predicted octanol–water partition coefficient (Wildman–Crippen LogP) is 3.33. The minimum Gasteiger partial charge on any atom is -0.491 e. The predicted molar refractivity (Wildman–Crippen MR) is 110 cm³/mol. The van der Waals surface area contributed by atoms with Crippen molar-refractivity contribution in [3.05, 3.63) is 59.7 Å². The molecule has 0 radical (unpaired) electrons. The molecule has 0 atom stereocenters. The molecule has 0 saturated carbocycles. The molecule has 0 unspecified atom stereocenters. The quantitative estimate of drug-likeness (QED) is 0.804. The zero-order valence-electron chi connectivity index (χ0n) is 16.2. The van der Waals surface area contributed by atoms with Crippen molar-refractivity contribution in [1.82, 2.24) is 5.32 Å². The molecule has 1 aliphatic heterocycles. The first-order chi connectivity index (χ1) is 13.3. The Kier molecular flexibility index (Phi) is 6.24. The van der Waals surface area contributed by atoms with Crippen LogP contribution < -0.4 is 14.4 Å². The van der Waals surface area contributed by atoms with Crippen molar-refractivity contribution in [1.29, 1.82) is 0 Å². The van der Waals surface area contributed by atoms with E-state index < -0.39 is 10.0 Å². The summed E-state index contributed by atoms with van der Waals surface area (Å²) in [7, 11) is -3.30. The Morgan fingerprint density at radius 2 is 1.93 bits per heavy atom. The number of sulfonamides is 1. The number of ether oxygens (including phenoxy) is 1. The van der Waals surface area contributed by atoms with Crippen molar-refractivity contribution in [3.8, 4) is 5.75 Å². The highest BCUT2D eigenvalue weighted by molar-refractivity contribution is 7.92. The van der Waals surface area contributed by atoms with E-state index in [0.29, 0.717) is 30.8 Å². The fourth-order valence-corrected chi connectivity index (χ4v) is 4.80. The van der Waals surface area contributed by atoms with E-state index in [1.165, 1.54) is 4.31 Å². The first-order valence-electron chi connectivity index (χ1n) is 9.49. The third-order valence-corrected chi connectivity index (χ3v) is 6.34. The number of carbonyl (C=O) groups is 1. The number of nitrogens with zero attached hydrogens (tertiary/aromatic N) is 1. The number of hydrogen-bond acceptors (Lipinski definition) is 4. The van der Waals surface area contributed by atoms with Crippen LogP contribution in [0.4, 0.5) is 5.69 Å². The van der Waals surface area contributed by atoms with Crippen molar-refractivity contribution in [2.75, 3.05) is 16.6 Å². The maximum absolute atomic E-state index is 12.6. The highest BCUT2D eigenvalue weighted by Gasteiger charge is 2.26. The Morgan fingerprint density at radius 3 is 2.68 bits per heavy atom. The van der Waals surface area contributed by atoms with Crippen LogP contribution in [-0.4, -0.2) is 32.7 Å². The normalized spacial score (nSPS) is 16.0. The lowest BCUT2D eigenvalue weighted by Gasteiger charge is -2.28. The van der Waals surface area contributed by atoms with Crippen LogP contribution in [0.1, 0.15) is 42.6 Å². The van der Waals surface area contributed by atoms with E-state index in [1.807, 2.05) is 38.1 Å². The lowest BCUT2D eigenvalue weighted by molar-refractivity contribution is 0.0950. The summed E-state index contributed by atoms with van der Waals surface area (Å²) in [6, 6.07) is 14.4. The Hall–Kier alpha value is -2.54. The van der Waals surface area contributed by atoms with Crippen LogP contribution in [0, 0.1) is 0 Å². The van der Waals surface area contributed by atoms with Gasteiger partial charge in [0.2, 0.25) is 10.0 Å². The van der Waals surface area contributed by atoms with Gasteiger partial charge >= 0.3 is 0 Å². The minimum atomic E-state index is -3.30. The molecule has 150 valence electrons. The molecule has 0 spiro atoms. The minimum absolute atomic E-state index is 0.0821. The molecule has 1 N–H and O–H groups in total. The average molecular weight is 403 g/mol. The lowest BCUT2D eigenvalue weighted by atomic mass is 10.1. The lowest BCUT2D eigenvalue weighted by Crippen LogP contribution is -2.38. The van der Waals surface area contributed by atoms with Crippen molar-refractivity contribution in [2.24, 2.45) is 0 Å². The second-order valence-corrected chi connectivity index (χ2v) is 9.16. The van der Waals surface area contributed by atoms with Crippen molar-refractivity contribution >= 4 is 21.6 Å². The Balaban J connectivity index is 1.68. The topological polar surface area (TPSA) is 75.7 Å². The van der Waals surface area contributed by atoms with Gasteiger partial charge in [-0.25, -0.2) is 8.42 Å². The van der Waals surface area contributed by atoms with Gasteiger partial charge in [0.15, 0.2) is 0 Å². The Morgan fingerprint density at radius 1 is 1.14 bits per heavy atom. The van der Waals surface area contributed by atoms with Gasteiger partial charge in [0.05, 0.1) is 17.5 Å². The first-order valence-corrected chi connectivity index (χ1v) is 11.1. The van der Waals surface area contributed by atoms with E-state index in [4.69, 9.17) is 4.74 Å². The third kappa shape index (κ3) is 5.04. The zero-order chi connectivity index (χ0) is 20.1. The van der Waals surface area contributed by atoms with Gasteiger partial charge in [-0.3, -0.25) is 9.10 Å². The highest BCUT2D eigenvalue weighted by atomic mass is 32.2. The number of hydrogen-bond donors (Lipinski definition) is 1. The summed E-state index contributed by atoms with van der Waals surface area (Å²) in [6.07, 6.45) is 1.59. The number of nitrogens with one attached hydrogen (secondary N) is 1. The van der Waals surface area contributed by atoms with E-state index >= 15 is 0 Å². The summed E-state index contributed by atoms with van der Waals surface area (Å²) in [5.41, 5.74) is 1.91. The van der Waals surface area contributed by atoms with Crippen LogP contribution in [0.2, 0.25) is 0 Å². The molecule has 1 aliphatic rings. The van der Waals surface area contributed by atoms with Crippen molar-refractivity contribution in [3.63, 3.8) is 0 Å². The second-order valence-electron chi connectivity index (χ2n) is 7.14. The molecule has 6 nitrogen and oxygen atoms in total. The van der Waals surface area contributed by atoms with Gasteiger partial charge in [-0.15, -0.1) is 0 Å². The molecule has 1 fully saturated rings. The summed E-state index contributed by atoms with van der Waals surface area (Å²) < 4.78 is 31.7. The Labute approximate surface area is 166 Å². The van der Waals surface area contributed by atoms with Gasteiger partial charge in [-0.1, -0.05) is 18.2 Å². The molecule has 1 saturated heterocycles. The van der Waals surface area contributed by atoms with Crippen molar-refractivity contribution in [2.45, 2.75) is 39.3 Å². The molecule has 3 rings (SSSR count). The molecule has 0 bridgehead atoms. The van der Waals surface area contributed by atoms with Crippen LogP contribution in [0.15, 0.2) is 48.5 Å². The summed E-state index contributed by atoms with van der Waals surface area (Å²) >= 11 is 0. The molecule has 0 aliphatic carbocycles. The summed E-state index contributed by atoms with van der Waals surface area (Å²) in [5, 5.41) is 2.88. The van der Waals surface area contributed by atoms with E-state index in [9.17, 15) is 13.2 Å². The maximum Gasteiger partial charge on any atom is 0.251 e. The van der Waals surface area contributed by atoms with Crippen LogP contribution in [0.25, 0.3) is 0 Å². The van der Waals surface area contributed by atoms with Crippen LogP contribution in [-0.2, 0) is 16.6 Å². The molecular formula is C21H26N2O4S. The van der Waals surface area contributed by atoms with Gasteiger partial charge in [0, 0.05) is 18.7 Å². The van der Waals surface area contributed by atoms with Gasteiger partial charge in [0.25, 0.3) is 5.91 Å². The fourth-order valence-electron chi connectivity index (χ4n) is 3.17. The Bertz CT molecular complexity index is 941. The third-order valence-electron chi connectivity index (χ3n) is 4.47. The largest absolute Gasteiger partial charge is 0.491 e. The van der Waals surface area contributed by atoms with Gasteiger partial charge < -0.3 is 10.1 Å². The molecule has 1 heterocycles. The standard InChI is InChI=1S/C21H26N2O4S/c1-16(2)27-20-10-5-7-17(13-20)15-22-21(24)18-8-6-9-19(14-18)23-11-3-4-12-28(23,25)26/h5-10,13-14,16H,3-4,11-12,15H2,1-2H3,(H,22,24). The number of anilines is 1. The average Bonchev–Trinajstić information content (AvgIpc) is 2.65. The van der Waals surface area contributed by atoms with E-state index in [-0.39, 0.29) is 17.8 Å². The first kappa shape index (κ1) is 20.2. The summed E-state index contributed by atoms with van der Waals surface area (Å²) in [6.45, 7) is 4.74. The van der Waals surface area contributed by atoms with E-state index in [2.05, 4.69) is 5.32 Å². The van der Waals surface area contributed by atoms with Crippen LogP contribution in [0.5, 0.6) is 5.75 Å². The molecular weight excluding hydrogens is 376 g/mol. The smallest absolute Gasteiger partial charge is 0.251 e. The SMILES string of the molecule is CC(C)Oc1cccc(CNC(=O)c2cccc(N3CCCCS3(=O)=O)c2)c1. The number of rotatable bonds is 6. The van der Waals surface area contributed by atoms with Gasteiger partial charge in [-0.05, 0) is 62.6 Å². The summed E-state index contributed by atoms with van der Waals surface area (Å²) in [5.74, 6) is 0.670. The second kappa shape index (κ2) is 8.65. The number of benzene rings is 2.